The van der Waals surface area contributed by atoms with Crippen LogP contribution in [0.4, 0.5) is 17.1 Å². The molecule has 2 amide bonds. The van der Waals surface area contributed by atoms with Crippen LogP contribution in [0.2, 0.25) is 0 Å². The van der Waals surface area contributed by atoms with Gasteiger partial charge in [0.15, 0.2) is 0 Å². The second-order valence-corrected chi connectivity index (χ2v) is 6.31. The third-order valence-corrected chi connectivity index (χ3v) is 4.33. The van der Waals surface area contributed by atoms with Gasteiger partial charge in [-0.25, -0.2) is 0 Å². The van der Waals surface area contributed by atoms with E-state index < -0.39 is 16.7 Å². The molecule has 0 atom stereocenters. The van der Waals surface area contributed by atoms with E-state index in [9.17, 15) is 19.7 Å². The Hall–Kier alpha value is -4.20. The molecule has 3 aromatic rings. The van der Waals surface area contributed by atoms with E-state index in [2.05, 4.69) is 5.32 Å². The van der Waals surface area contributed by atoms with Crippen LogP contribution in [-0.2, 0) is 16.1 Å². The molecule has 8 nitrogen and oxygen atoms in total. The minimum Gasteiger partial charge on any atom is -0.495 e. The van der Waals surface area contributed by atoms with E-state index in [1.807, 2.05) is 36.4 Å². The lowest BCUT2D eigenvalue weighted by Gasteiger charge is -2.22. The zero-order chi connectivity index (χ0) is 21.5. The van der Waals surface area contributed by atoms with Gasteiger partial charge in [-0.3, -0.25) is 24.6 Å². The number of rotatable bonds is 6. The molecule has 0 spiro atoms. The summed E-state index contributed by atoms with van der Waals surface area (Å²) in [4.78, 5) is 37.5. The lowest BCUT2D eigenvalue weighted by molar-refractivity contribution is -0.384. The van der Waals surface area contributed by atoms with Gasteiger partial charge in [-0.05, 0) is 23.8 Å². The number of anilines is 2. The van der Waals surface area contributed by atoms with Crippen molar-refractivity contribution in [1.82, 2.24) is 0 Å². The Morgan fingerprint density at radius 3 is 2.23 bits per heavy atom. The first kappa shape index (κ1) is 20.5. The van der Waals surface area contributed by atoms with E-state index in [0.29, 0.717) is 5.69 Å². The first-order valence-electron chi connectivity index (χ1n) is 9.04. The van der Waals surface area contributed by atoms with Gasteiger partial charge < -0.3 is 10.1 Å². The molecule has 8 heteroatoms. The van der Waals surface area contributed by atoms with Crippen LogP contribution in [0.3, 0.4) is 0 Å². The van der Waals surface area contributed by atoms with E-state index in [1.165, 1.54) is 24.1 Å². The standard InChI is InChI=1S/C22H19N3O5/c1-30-20-13-12-18(25(28)29)14-19(20)23-21(26)22(27)24(17-10-6-3-7-11-17)15-16-8-4-2-5-9-16/h2-14H,15H2,1H3,(H,23,26). The summed E-state index contributed by atoms with van der Waals surface area (Å²) in [6.07, 6.45) is 0. The van der Waals surface area contributed by atoms with Crippen molar-refractivity contribution in [2.24, 2.45) is 0 Å². The minimum atomic E-state index is -0.936. The Morgan fingerprint density at radius 2 is 1.63 bits per heavy atom. The molecule has 152 valence electrons. The number of hydrogen-bond acceptors (Lipinski definition) is 5. The maximum atomic E-state index is 13.0. The van der Waals surface area contributed by atoms with Gasteiger partial charge in [0.2, 0.25) is 0 Å². The Kier molecular flexibility index (Phi) is 6.39. The SMILES string of the molecule is COc1ccc([N+](=O)[O-])cc1NC(=O)C(=O)N(Cc1ccccc1)c1ccccc1. The number of nitro benzene ring substituents is 1. The number of amides is 2. The molecule has 0 aliphatic heterocycles. The molecule has 0 fully saturated rings. The van der Waals surface area contributed by atoms with E-state index >= 15 is 0 Å². The summed E-state index contributed by atoms with van der Waals surface area (Å²) in [5.41, 5.74) is 1.20. The number of nitrogens with one attached hydrogen (secondary N) is 1. The lowest BCUT2D eigenvalue weighted by atomic mass is 10.2. The Balaban J connectivity index is 1.88. The molecule has 0 radical (unpaired) electrons. The van der Waals surface area contributed by atoms with Gasteiger partial charge in [-0.15, -0.1) is 0 Å². The monoisotopic (exact) mass is 405 g/mol. The minimum absolute atomic E-state index is 0.0396. The second kappa shape index (κ2) is 9.33. The van der Waals surface area contributed by atoms with Crippen molar-refractivity contribution in [3.8, 4) is 5.75 Å². The highest BCUT2D eigenvalue weighted by molar-refractivity contribution is 6.44. The molecule has 3 rings (SSSR count). The summed E-state index contributed by atoms with van der Waals surface area (Å²) in [5.74, 6) is -1.54. The number of non-ortho nitro benzene ring substituents is 1. The van der Waals surface area contributed by atoms with Gasteiger partial charge in [-0.1, -0.05) is 48.5 Å². The third kappa shape index (κ3) is 4.79. The van der Waals surface area contributed by atoms with Crippen LogP contribution in [0.5, 0.6) is 5.75 Å². The number of carbonyl (C=O) groups excluding carboxylic acids is 2. The van der Waals surface area contributed by atoms with E-state index in [1.54, 1.807) is 24.3 Å². The van der Waals surface area contributed by atoms with Crippen molar-refractivity contribution in [3.05, 3.63) is 94.5 Å². The maximum Gasteiger partial charge on any atom is 0.316 e. The van der Waals surface area contributed by atoms with E-state index in [4.69, 9.17) is 4.74 Å². The average molecular weight is 405 g/mol. The van der Waals surface area contributed by atoms with Crippen LogP contribution in [-0.4, -0.2) is 23.8 Å². The van der Waals surface area contributed by atoms with Crippen LogP contribution >= 0.6 is 0 Å². The zero-order valence-electron chi connectivity index (χ0n) is 16.1. The number of para-hydroxylation sites is 1. The maximum absolute atomic E-state index is 13.0. The van der Waals surface area contributed by atoms with Crippen LogP contribution in [0, 0.1) is 10.1 Å². The Morgan fingerprint density at radius 1 is 1.00 bits per heavy atom. The molecular weight excluding hydrogens is 386 g/mol. The highest BCUT2D eigenvalue weighted by Gasteiger charge is 2.25. The van der Waals surface area contributed by atoms with Crippen LogP contribution in [0.1, 0.15) is 5.56 Å². The molecule has 30 heavy (non-hydrogen) atoms. The molecule has 0 aliphatic carbocycles. The summed E-state index contributed by atoms with van der Waals surface area (Å²) >= 11 is 0. The number of nitrogens with zero attached hydrogens (tertiary/aromatic N) is 2. The fraction of sp³-hybridized carbons (Fsp3) is 0.0909. The second-order valence-electron chi connectivity index (χ2n) is 6.31. The van der Waals surface area contributed by atoms with E-state index in [0.717, 1.165) is 11.6 Å². The fourth-order valence-corrected chi connectivity index (χ4v) is 2.86. The Bertz CT molecular complexity index is 1050. The summed E-state index contributed by atoms with van der Waals surface area (Å²) in [6.45, 7) is 0.184. The van der Waals surface area contributed by atoms with Gasteiger partial charge in [0, 0.05) is 17.8 Å². The summed E-state index contributed by atoms with van der Waals surface area (Å²) in [6, 6.07) is 21.8. The molecule has 3 aromatic carbocycles. The topological polar surface area (TPSA) is 102 Å². The quantitative estimate of drug-likeness (QED) is 0.382. The molecular formula is C22H19N3O5. The molecule has 0 saturated heterocycles. The average Bonchev–Trinajstić information content (AvgIpc) is 2.78. The molecule has 0 aliphatic rings. The number of ether oxygens (including phenoxy) is 1. The molecule has 0 heterocycles. The number of hydrogen-bond donors (Lipinski definition) is 1. The third-order valence-electron chi connectivity index (χ3n) is 4.33. The largest absolute Gasteiger partial charge is 0.495 e. The molecule has 1 N–H and O–H groups in total. The van der Waals surface area contributed by atoms with Crippen molar-refractivity contribution in [2.75, 3.05) is 17.3 Å². The zero-order valence-corrected chi connectivity index (χ0v) is 16.1. The normalized spacial score (nSPS) is 10.2. The van der Waals surface area contributed by atoms with Crippen molar-refractivity contribution in [3.63, 3.8) is 0 Å². The fourth-order valence-electron chi connectivity index (χ4n) is 2.86. The van der Waals surface area contributed by atoms with Crippen LogP contribution in [0.25, 0.3) is 0 Å². The number of benzene rings is 3. The molecule has 0 bridgehead atoms. The highest BCUT2D eigenvalue weighted by Crippen LogP contribution is 2.29. The van der Waals surface area contributed by atoms with Gasteiger partial charge in [0.1, 0.15) is 5.75 Å². The first-order valence-corrected chi connectivity index (χ1v) is 9.04. The Labute approximate surface area is 172 Å². The molecule has 0 unspecified atom stereocenters. The number of nitro groups is 1. The highest BCUT2D eigenvalue weighted by atomic mass is 16.6. The van der Waals surface area contributed by atoms with Crippen LogP contribution < -0.4 is 15.0 Å². The summed E-state index contributed by atoms with van der Waals surface area (Å²) in [5, 5.41) is 13.5. The predicted octanol–water partition coefficient (Wildman–Crippen LogP) is 3.78. The molecule has 0 aromatic heterocycles. The van der Waals surface area contributed by atoms with Crippen molar-refractivity contribution in [2.45, 2.75) is 6.54 Å². The van der Waals surface area contributed by atoms with Gasteiger partial charge in [0.25, 0.3) is 5.69 Å². The van der Waals surface area contributed by atoms with Crippen molar-refractivity contribution in [1.29, 1.82) is 0 Å². The summed E-state index contributed by atoms with van der Waals surface area (Å²) < 4.78 is 5.14. The number of carbonyl (C=O) groups is 2. The smallest absolute Gasteiger partial charge is 0.316 e. The first-order chi connectivity index (χ1) is 14.5. The van der Waals surface area contributed by atoms with Gasteiger partial charge in [0.05, 0.1) is 24.3 Å². The van der Waals surface area contributed by atoms with Crippen molar-refractivity contribution < 1.29 is 19.2 Å². The number of methoxy groups -OCH3 is 1. The van der Waals surface area contributed by atoms with Gasteiger partial charge in [-0.2, -0.15) is 0 Å². The van der Waals surface area contributed by atoms with Crippen molar-refractivity contribution >= 4 is 28.9 Å². The van der Waals surface area contributed by atoms with Crippen LogP contribution in [0.15, 0.2) is 78.9 Å². The summed E-state index contributed by atoms with van der Waals surface area (Å²) in [7, 11) is 1.37. The van der Waals surface area contributed by atoms with E-state index in [-0.39, 0.29) is 23.7 Å². The lowest BCUT2D eigenvalue weighted by Crippen LogP contribution is -2.39. The van der Waals surface area contributed by atoms with Gasteiger partial charge >= 0.3 is 11.8 Å². The predicted molar refractivity (Wildman–Crippen MR) is 112 cm³/mol. The molecule has 0 saturated carbocycles.